The molecule has 0 unspecified atom stereocenters. The van der Waals surface area contributed by atoms with Gasteiger partial charge in [0.1, 0.15) is 24.3 Å². The molecule has 1 aliphatic rings. The van der Waals surface area contributed by atoms with Gasteiger partial charge in [-0.1, -0.05) is 11.6 Å². The van der Waals surface area contributed by atoms with E-state index in [0.717, 1.165) is 17.2 Å². The van der Waals surface area contributed by atoms with Crippen LogP contribution in [0.5, 0.6) is 0 Å². The Balaban J connectivity index is 1.54. The highest BCUT2D eigenvalue weighted by atomic mass is 35.5. The number of amides is 1. The van der Waals surface area contributed by atoms with Crippen LogP contribution in [0.25, 0.3) is 5.69 Å². The average Bonchev–Trinajstić information content (AvgIpc) is 3.32. The third-order valence-corrected chi connectivity index (χ3v) is 5.40. The van der Waals surface area contributed by atoms with Crippen LogP contribution in [0.3, 0.4) is 0 Å². The van der Waals surface area contributed by atoms with Crippen LogP contribution in [0.4, 0.5) is 16.6 Å². The average molecular weight is 443 g/mol. The van der Waals surface area contributed by atoms with Gasteiger partial charge < -0.3 is 19.7 Å². The summed E-state index contributed by atoms with van der Waals surface area (Å²) in [5.74, 6) is 1.54. The van der Waals surface area contributed by atoms with Crippen molar-refractivity contribution in [3.05, 3.63) is 59.3 Å². The summed E-state index contributed by atoms with van der Waals surface area (Å²) >= 11 is 5.98. The molecule has 4 rings (SSSR count). The van der Waals surface area contributed by atoms with Crippen LogP contribution in [0.2, 0.25) is 5.02 Å². The van der Waals surface area contributed by atoms with E-state index in [1.807, 2.05) is 48.9 Å². The van der Waals surface area contributed by atoms with Gasteiger partial charge in [-0.25, -0.2) is 14.8 Å². The van der Waals surface area contributed by atoms with Gasteiger partial charge in [0.05, 0.1) is 17.8 Å². The molecule has 10 heteroatoms. The number of aliphatic hydroxyl groups is 1. The van der Waals surface area contributed by atoms with E-state index in [2.05, 4.69) is 20.3 Å². The van der Waals surface area contributed by atoms with Gasteiger partial charge in [0.2, 0.25) is 5.95 Å². The summed E-state index contributed by atoms with van der Waals surface area (Å²) in [5, 5.41) is 13.8. The molecule has 1 saturated heterocycles. The van der Waals surface area contributed by atoms with Crippen LogP contribution in [-0.2, 0) is 4.74 Å². The zero-order chi connectivity index (χ0) is 22.1. The van der Waals surface area contributed by atoms with Crippen molar-refractivity contribution in [3.8, 4) is 5.69 Å². The molecule has 0 spiro atoms. The number of anilines is 2. The number of ether oxygens (including phenoxy) is 1. The number of aliphatic hydroxyl groups excluding tert-OH is 1. The molecule has 31 heavy (non-hydrogen) atoms. The Bertz CT molecular complexity index is 1080. The minimum atomic E-state index is -0.753. The summed E-state index contributed by atoms with van der Waals surface area (Å²) in [6.07, 6.45) is 2.21. The molecule has 2 aromatic heterocycles. The van der Waals surface area contributed by atoms with Crippen molar-refractivity contribution in [1.29, 1.82) is 0 Å². The van der Waals surface area contributed by atoms with Gasteiger partial charge in [-0.15, -0.1) is 0 Å². The van der Waals surface area contributed by atoms with Gasteiger partial charge in [-0.3, -0.25) is 4.90 Å². The predicted octanol–water partition coefficient (Wildman–Crippen LogP) is 3.50. The molecule has 2 N–H and O–H groups in total. The van der Waals surface area contributed by atoms with Crippen LogP contribution >= 0.6 is 11.6 Å². The van der Waals surface area contributed by atoms with Gasteiger partial charge in [0.25, 0.3) is 0 Å². The third-order valence-electron chi connectivity index (χ3n) is 5.15. The Morgan fingerprint density at radius 3 is 2.68 bits per heavy atom. The van der Waals surface area contributed by atoms with Crippen molar-refractivity contribution in [2.75, 3.05) is 16.8 Å². The van der Waals surface area contributed by atoms with Crippen LogP contribution in [-0.4, -0.2) is 49.5 Å². The Morgan fingerprint density at radius 1 is 1.23 bits per heavy atom. The van der Waals surface area contributed by atoms with E-state index in [9.17, 15) is 9.90 Å². The first-order chi connectivity index (χ1) is 14.8. The molecule has 3 aromatic rings. The maximum atomic E-state index is 12.1. The van der Waals surface area contributed by atoms with Gasteiger partial charge in [0, 0.05) is 23.1 Å². The van der Waals surface area contributed by atoms with Crippen molar-refractivity contribution in [3.63, 3.8) is 0 Å². The summed E-state index contributed by atoms with van der Waals surface area (Å²) in [6, 6.07) is 8.45. The number of rotatable bonds is 6. The third kappa shape index (κ3) is 4.33. The fourth-order valence-electron chi connectivity index (χ4n) is 3.44. The quantitative estimate of drug-likeness (QED) is 0.601. The molecule has 1 amide bonds. The largest absolute Gasteiger partial charge is 0.447 e. The molecule has 162 valence electrons. The Hall–Kier alpha value is -3.17. The summed E-state index contributed by atoms with van der Waals surface area (Å²) in [4.78, 5) is 26.8. The van der Waals surface area contributed by atoms with E-state index in [0.29, 0.717) is 16.8 Å². The number of nitrogens with zero attached hydrogens (tertiary/aromatic N) is 5. The zero-order valence-electron chi connectivity index (χ0n) is 17.4. The highest BCUT2D eigenvalue weighted by Gasteiger charge is 2.38. The van der Waals surface area contributed by atoms with Crippen molar-refractivity contribution in [2.24, 2.45) is 0 Å². The summed E-state index contributed by atoms with van der Waals surface area (Å²) < 4.78 is 7.06. The fraction of sp³-hybridized carbons (Fsp3) is 0.333. The molecule has 1 aromatic carbocycles. The van der Waals surface area contributed by atoms with Gasteiger partial charge in [-0.2, -0.15) is 4.98 Å². The highest BCUT2D eigenvalue weighted by molar-refractivity contribution is 6.30. The summed E-state index contributed by atoms with van der Waals surface area (Å²) in [7, 11) is 0. The maximum absolute atomic E-state index is 12.1. The molecule has 0 bridgehead atoms. The number of aromatic nitrogens is 4. The number of benzene rings is 1. The molecule has 3 atom stereocenters. The SMILES string of the molecule is Cc1nc([C@H](C)Nc2nccc(N3C(=O)OC[C@@H]3[C@@H](C)O)n2)cn1-c1ccc(Cl)cc1. The minimum absolute atomic E-state index is 0.112. The van der Waals surface area contributed by atoms with Gasteiger partial charge in [-0.05, 0) is 51.1 Å². The summed E-state index contributed by atoms with van der Waals surface area (Å²) in [5.41, 5.74) is 1.77. The lowest BCUT2D eigenvalue weighted by Crippen LogP contribution is -2.41. The van der Waals surface area contributed by atoms with E-state index < -0.39 is 18.2 Å². The monoisotopic (exact) mass is 442 g/mol. The first-order valence-corrected chi connectivity index (χ1v) is 10.3. The molecule has 0 aliphatic carbocycles. The number of aryl methyl sites for hydroxylation is 1. The molecule has 0 saturated carbocycles. The molecule has 9 nitrogen and oxygen atoms in total. The van der Waals surface area contributed by atoms with Crippen LogP contribution in [0, 0.1) is 6.92 Å². The first kappa shape index (κ1) is 21.1. The highest BCUT2D eigenvalue weighted by Crippen LogP contribution is 2.25. The van der Waals surface area contributed by atoms with Crippen LogP contribution in [0.15, 0.2) is 42.7 Å². The van der Waals surface area contributed by atoms with Crippen LogP contribution < -0.4 is 10.2 Å². The lowest BCUT2D eigenvalue weighted by Gasteiger charge is -2.23. The zero-order valence-corrected chi connectivity index (χ0v) is 18.1. The van der Waals surface area contributed by atoms with Gasteiger partial charge in [0.15, 0.2) is 0 Å². The van der Waals surface area contributed by atoms with E-state index in [4.69, 9.17) is 16.3 Å². The van der Waals surface area contributed by atoms with E-state index in [1.165, 1.54) is 4.90 Å². The number of nitrogens with one attached hydrogen (secondary N) is 1. The number of imidazole rings is 1. The van der Waals surface area contributed by atoms with Gasteiger partial charge >= 0.3 is 6.09 Å². The van der Waals surface area contributed by atoms with Crippen LogP contribution in [0.1, 0.15) is 31.4 Å². The van der Waals surface area contributed by atoms with Crippen molar-refractivity contribution >= 4 is 29.5 Å². The standard InChI is InChI=1S/C21H23ClN6O3/c1-12(17-10-27(14(3)25-17)16-6-4-15(22)5-7-16)24-20-23-9-8-19(26-20)28-18(13(2)29)11-31-21(28)30/h4-10,12-13,18,29H,11H2,1-3H3,(H,23,24,26)/t12-,13+,18+/m0/s1. The normalized spacial score (nSPS) is 18.0. The topological polar surface area (TPSA) is 105 Å². The Morgan fingerprint density at radius 2 is 1.97 bits per heavy atom. The molecule has 1 aliphatic heterocycles. The van der Waals surface area contributed by atoms with Crippen molar-refractivity contribution < 1.29 is 14.6 Å². The molecular formula is C21H23ClN6O3. The second-order valence-electron chi connectivity index (χ2n) is 7.42. The minimum Gasteiger partial charge on any atom is -0.447 e. The lowest BCUT2D eigenvalue weighted by atomic mass is 10.2. The predicted molar refractivity (Wildman–Crippen MR) is 117 cm³/mol. The smallest absolute Gasteiger partial charge is 0.416 e. The molecule has 3 heterocycles. The molecule has 1 fully saturated rings. The summed E-state index contributed by atoms with van der Waals surface area (Å²) in [6.45, 7) is 5.60. The number of halogens is 1. The molecule has 0 radical (unpaired) electrons. The van der Waals surface area contributed by atoms with E-state index in [1.54, 1.807) is 19.2 Å². The number of hydrogen-bond acceptors (Lipinski definition) is 7. The molecular weight excluding hydrogens is 420 g/mol. The van der Waals surface area contributed by atoms with Crippen molar-refractivity contribution in [2.45, 2.75) is 39.0 Å². The van der Waals surface area contributed by atoms with E-state index >= 15 is 0 Å². The van der Waals surface area contributed by atoms with E-state index in [-0.39, 0.29) is 12.6 Å². The maximum Gasteiger partial charge on any atom is 0.416 e. The Labute approximate surface area is 184 Å². The first-order valence-electron chi connectivity index (χ1n) is 9.89. The Kier molecular flexibility index (Phi) is 5.79. The fourth-order valence-corrected chi connectivity index (χ4v) is 3.57. The number of hydrogen-bond donors (Lipinski definition) is 2. The van der Waals surface area contributed by atoms with Crippen molar-refractivity contribution in [1.82, 2.24) is 19.5 Å². The second-order valence-corrected chi connectivity index (χ2v) is 7.86. The number of carbonyl (C=O) groups excluding carboxylic acids is 1. The number of cyclic esters (lactones) is 1. The lowest BCUT2D eigenvalue weighted by molar-refractivity contribution is 0.142. The second kappa shape index (κ2) is 8.52. The number of carbonyl (C=O) groups is 1.